The largest absolute Gasteiger partial charge is 0.490 e. The molecule has 158 valence electrons. The lowest BCUT2D eigenvalue weighted by atomic mass is 9.78. The van der Waals surface area contributed by atoms with Gasteiger partial charge < -0.3 is 4.74 Å². The minimum Gasteiger partial charge on any atom is -0.490 e. The van der Waals surface area contributed by atoms with Gasteiger partial charge in [0.15, 0.2) is 11.6 Å². The van der Waals surface area contributed by atoms with E-state index in [1.54, 1.807) is 12.4 Å². The maximum Gasteiger partial charge on any atom is 0.160 e. The summed E-state index contributed by atoms with van der Waals surface area (Å²) < 4.78 is 5.73. The quantitative estimate of drug-likeness (QED) is 0.386. The van der Waals surface area contributed by atoms with Crippen LogP contribution in [-0.2, 0) is 0 Å². The van der Waals surface area contributed by atoms with Gasteiger partial charge in [0.1, 0.15) is 0 Å². The van der Waals surface area contributed by atoms with E-state index in [-0.39, 0.29) is 0 Å². The molecular formula is C25H37N3O. The minimum absolute atomic E-state index is 0.617. The van der Waals surface area contributed by atoms with Crippen LogP contribution in [0, 0.1) is 5.92 Å². The number of ether oxygens (including phenoxy) is 1. The van der Waals surface area contributed by atoms with E-state index in [4.69, 9.17) is 9.72 Å². The molecule has 2 aromatic rings. The van der Waals surface area contributed by atoms with Gasteiger partial charge in [-0.1, -0.05) is 52.4 Å². The first-order valence-electron chi connectivity index (χ1n) is 11.7. The molecule has 0 bridgehead atoms. The van der Waals surface area contributed by atoms with Gasteiger partial charge in [0, 0.05) is 23.4 Å². The smallest absolute Gasteiger partial charge is 0.160 e. The van der Waals surface area contributed by atoms with Crippen molar-refractivity contribution >= 4 is 0 Å². The van der Waals surface area contributed by atoms with Crippen molar-refractivity contribution in [2.75, 3.05) is 6.61 Å². The Morgan fingerprint density at radius 1 is 0.828 bits per heavy atom. The molecule has 0 atom stereocenters. The summed E-state index contributed by atoms with van der Waals surface area (Å²) in [6, 6.07) is 4.29. The van der Waals surface area contributed by atoms with Crippen molar-refractivity contribution in [2.45, 2.75) is 90.4 Å². The molecule has 1 saturated carbocycles. The second-order valence-corrected chi connectivity index (χ2v) is 8.48. The highest BCUT2D eigenvalue weighted by atomic mass is 16.5. The van der Waals surface area contributed by atoms with Crippen molar-refractivity contribution in [3.8, 4) is 17.1 Å². The van der Waals surface area contributed by atoms with Gasteiger partial charge in [-0.25, -0.2) is 9.97 Å². The Balaban J connectivity index is 1.48. The predicted molar refractivity (Wildman–Crippen MR) is 119 cm³/mol. The number of unbranched alkanes of at least 4 members (excludes halogenated alkanes) is 4. The Morgan fingerprint density at radius 3 is 2.24 bits per heavy atom. The number of pyridine rings is 1. The van der Waals surface area contributed by atoms with Crippen LogP contribution in [0.25, 0.3) is 11.4 Å². The third-order valence-corrected chi connectivity index (χ3v) is 6.17. The van der Waals surface area contributed by atoms with E-state index in [1.165, 1.54) is 69.9 Å². The maximum atomic E-state index is 5.73. The Labute approximate surface area is 176 Å². The molecular weight excluding hydrogens is 358 g/mol. The molecule has 0 N–H and O–H groups in total. The van der Waals surface area contributed by atoms with Crippen LogP contribution in [0.3, 0.4) is 0 Å². The first kappa shape index (κ1) is 21.7. The summed E-state index contributed by atoms with van der Waals surface area (Å²) in [6.07, 6.45) is 19.7. The number of rotatable bonds is 11. The van der Waals surface area contributed by atoms with Gasteiger partial charge in [0.2, 0.25) is 0 Å². The van der Waals surface area contributed by atoms with Crippen LogP contribution in [0.15, 0.2) is 30.7 Å². The number of nitrogens with zero attached hydrogens (tertiary/aromatic N) is 3. The van der Waals surface area contributed by atoms with Crippen molar-refractivity contribution in [3.05, 3.63) is 36.4 Å². The molecule has 1 fully saturated rings. The van der Waals surface area contributed by atoms with E-state index in [2.05, 4.69) is 35.9 Å². The topological polar surface area (TPSA) is 47.9 Å². The number of aromatic nitrogens is 3. The standard InChI is InChI=1S/C25H37N3O/c1-3-5-7-8-16-29-23-18-27-25(28-19-23)22-14-15-24(26-17-22)21-12-10-20(11-13-21)9-6-4-2/h14-15,17-21H,3-13,16H2,1-2H3. The van der Waals surface area contributed by atoms with Crippen molar-refractivity contribution in [2.24, 2.45) is 5.92 Å². The van der Waals surface area contributed by atoms with Crippen LogP contribution in [0.5, 0.6) is 5.75 Å². The van der Waals surface area contributed by atoms with E-state index < -0.39 is 0 Å². The van der Waals surface area contributed by atoms with Gasteiger partial charge in [0.25, 0.3) is 0 Å². The highest BCUT2D eigenvalue weighted by molar-refractivity contribution is 5.53. The molecule has 29 heavy (non-hydrogen) atoms. The van der Waals surface area contributed by atoms with E-state index in [9.17, 15) is 0 Å². The molecule has 2 heterocycles. The molecule has 1 aliphatic rings. The molecule has 0 saturated heterocycles. The first-order chi connectivity index (χ1) is 14.3. The van der Waals surface area contributed by atoms with Crippen molar-refractivity contribution in [1.29, 1.82) is 0 Å². The zero-order valence-corrected chi connectivity index (χ0v) is 18.3. The summed E-state index contributed by atoms with van der Waals surface area (Å²) in [6.45, 7) is 5.24. The van der Waals surface area contributed by atoms with Crippen molar-refractivity contribution in [1.82, 2.24) is 15.0 Å². The third-order valence-electron chi connectivity index (χ3n) is 6.17. The summed E-state index contributed by atoms with van der Waals surface area (Å²) >= 11 is 0. The van der Waals surface area contributed by atoms with Gasteiger partial charge in [0.05, 0.1) is 19.0 Å². The molecule has 4 heteroatoms. The monoisotopic (exact) mass is 395 g/mol. The molecule has 0 aliphatic heterocycles. The van der Waals surface area contributed by atoms with Crippen LogP contribution in [0.4, 0.5) is 0 Å². The van der Waals surface area contributed by atoms with Gasteiger partial charge in [-0.05, 0) is 50.2 Å². The summed E-state index contributed by atoms with van der Waals surface area (Å²) in [5, 5.41) is 0. The van der Waals surface area contributed by atoms with Crippen molar-refractivity contribution < 1.29 is 4.74 Å². The molecule has 3 rings (SSSR count). The lowest BCUT2D eigenvalue weighted by Crippen LogP contribution is -2.14. The Kier molecular flexibility index (Phi) is 8.91. The van der Waals surface area contributed by atoms with E-state index >= 15 is 0 Å². The minimum atomic E-state index is 0.617. The van der Waals surface area contributed by atoms with E-state index in [0.717, 1.165) is 30.3 Å². The third kappa shape index (κ3) is 6.80. The fourth-order valence-corrected chi connectivity index (χ4v) is 4.28. The molecule has 0 amide bonds. The normalized spacial score (nSPS) is 19.2. The summed E-state index contributed by atoms with van der Waals surface area (Å²) in [5.41, 5.74) is 2.20. The fourth-order valence-electron chi connectivity index (χ4n) is 4.28. The van der Waals surface area contributed by atoms with Crippen LogP contribution >= 0.6 is 0 Å². The molecule has 0 unspecified atom stereocenters. The molecule has 0 spiro atoms. The molecule has 2 aromatic heterocycles. The van der Waals surface area contributed by atoms with Crippen LogP contribution in [0.1, 0.15) is 96.1 Å². The SMILES string of the molecule is CCCCCCOc1cnc(-c2ccc(C3CCC(CCCC)CC3)nc2)nc1. The van der Waals surface area contributed by atoms with Crippen LogP contribution < -0.4 is 4.74 Å². The Morgan fingerprint density at radius 2 is 1.59 bits per heavy atom. The van der Waals surface area contributed by atoms with Crippen LogP contribution in [0.2, 0.25) is 0 Å². The average molecular weight is 396 g/mol. The van der Waals surface area contributed by atoms with Crippen molar-refractivity contribution in [3.63, 3.8) is 0 Å². The van der Waals surface area contributed by atoms with Gasteiger partial charge in [-0.3, -0.25) is 4.98 Å². The van der Waals surface area contributed by atoms with E-state index in [0.29, 0.717) is 11.7 Å². The molecule has 4 nitrogen and oxygen atoms in total. The first-order valence-corrected chi connectivity index (χ1v) is 11.7. The average Bonchev–Trinajstić information content (AvgIpc) is 2.78. The lowest BCUT2D eigenvalue weighted by Gasteiger charge is -2.28. The number of hydrogen-bond acceptors (Lipinski definition) is 4. The fraction of sp³-hybridized carbons (Fsp3) is 0.640. The zero-order chi connectivity index (χ0) is 20.3. The van der Waals surface area contributed by atoms with Gasteiger partial charge in [-0.15, -0.1) is 0 Å². The second-order valence-electron chi connectivity index (χ2n) is 8.48. The highest BCUT2D eigenvalue weighted by Gasteiger charge is 2.22. The second kappa shape index (κ2) is 11.9. The number of hydrogen-bond donors (Lipinski definition) is 0. The van der Waals surface area contributed by atoms with E-state index in [1.807, 2.05) is 6.20 Å². The van der Waals surface area contributed by atoms with Gasteiger partial charge >= 0.3 is 0 Å². The highest BCUT2D eigenvalue weighted by Crippen LogP contribution is 2.37. The molecule has 0 radical (unpaired) electrons. The predicted octanol–water partition coefficient (Wildman–Crippen LogP) is 6.96. The summed E-state index contributed by atoms with van der Waals surface area (Å²) in [4.78, 5) is 13.7. The van der Waals surface area contributed by atoms with Gasteiger partial charge in [-0.2, -0.15) is 0 Å². The Hall–Kier alpha value is -1.97. The summed E-state index contributed by atoms with van der Waals surface area (Å²) in [5.74, 6) is 3.01. The zero-order valence-electron chi connectivity index (χ0n) is 18.3. The summed E-state index contributed by atoms with van der Waals surface area (Å²) in [7, 11) is 0. The Bertz CT molecular complexity index is 691. The molecule has 1 aliphatic carbocycles. The van der Waals surface area contributed by atoms with Crippen LogP contribution in [-0.4, -0.2) is 21.6 Å². The maximum absolute atomic E-state index is 5.73. The lowest BCUT2D eigenvalue weighted by molar-refractivity contribution is 0.301. The molecule has 0 aromatic carbocycles.